The van der Waals surface area contributed by atoms with Gasteiger partial charge in [-0.25, -0.2) is 9.59 Å². The van der Waals surface area contributed by atoms with Crippen LogP contribution in [0.3, 0.4) is 0 Å². The van der Waals surface area contributed by atoms with E-state index in [1.54, 1.807) is 12.1 Å². The van der Waals surface area contributed by atoms with Crippen molar-refractivity contribution >= 4 is 5.71 Å². The van der Waals surface area contributed by atoms with Crippen molar-refractivity contribution in [2.24, 2.45) is 12.2 Å². The largest absolute Gasteiger partial charge is 0.489 e. The molecule has 0 saturated heterocycles. The van der Waals surface area contributed by atoms with Gasteiger partial charge in [0.05, 0.1) is 18.4 Å². The Kier molecular flexibility index (Phi) is 6.25. The molecule has 0 aliphatic rings. The molecule has 0 radical (unpaired) electrons. The van der Waals surface area contributed by atoms with Crippen molar-refractivity contribution in [2.45, 2.75) is 34.3 Å². The Balaban J connectivity index is 1.89. The number of aromatic nitrogens is 2. The standard InChI is InChI=1S/C22H25N3O5/c1-6-29-23-16(4)18-11-15(3)20(12-14(18)2)28-13-17-9-7-8-10-19(17)25-21(26)24(5)30-22(25)27/h7-12H,6,13H2,1-5H3/b23-16+. The van der Waals surface area contributed by atoms with Crippen LogP contribution in [0.4, 0.5) is 0 Å². The summed E-state index contributed by atoms with van der Waals surface area (Å²) in [6.07, 6.45) is 0. The van der Waals surface area contributed by atoms with Gasteiger partial charge in [0.25, 0.3) is 0 Å². The first-order valence-corrected chi connectivity index (χ1v) is 9.62. The molecule has 0 unspecified atom stereocenters. The molecule has 0 amide bonds. The molecule has 0 spiro atoms. The van der Waals surface area contributed by atoms with Crippen molar-refractivity contribution in [2.75, 3.05) is 6.61 Å². The topological polar surface area (TPSA) is 88.0 Å². The Labute approximate surface area is 173 Å². The van der Waals surface area contributed by atoms with Crippen LogP contribution in [0.15, 0.2) is 55.7 Å². The van der Waals surface area contributed by atoms with E-state index in [0.29, 0.717) is 23.6 Å². The van der Waals surface area contributed by atoms with Crippen molar-refractivity contribution < 1.29 is 14.1 Å². The molecule has 0 aliphatic heterocycles. The van der Waals surface area contributed by atoms with Crippen LogP contribution in [0.2, 0.25) is 0 Å². The number of oxime groups is 1. The highest BCUT2D eigenvalue weighted by atomic mass is 16.6. The highest BCUT2D eigenvalue weighted by Gasteiger charge is 2.15. The summed E-state index contributed by atoms with van der Waals surface area (Å²) in [5, 5.41) is 4.10. The molecule has 30 heavy (non-hydrogen) atoms. The van der Waals surface area contributed by atoms with Gasteiger partial charge in [0.15, 0.2) is 0 Å². The average Bonchev–Trinajstić information content (AvgIpc) is 2.98. The lowest BCUT2D eigenvalue weighted by Crippen LogP contribution is -2.27. The summed E-state index contributed by atoms with van der Waals surface area (Å²) >= 11 is 0. The third-order valence-electron chi connectivity index (χ3n) is 4.72. The Bertz CT molecular complexity index is 1200. The van der Waals surface area contributed by atoms with Gasteiger partial charge < -0.3 is 14.1 Å². The zero-order valence-electron chi connectivity index (χ0n) is 17.8. The SMILES string of the molecule is CCO/N=C(\C)c1cc(C)c(OCc2ccccc2-n2c(=O)on(C)c2=O)cc1C. The van der Waals surface area contributed by atoms with E-state index in [-0.39, 0.29) is 6.61 Å². The maximum Gasteiger partial charge on any atom is 0.447 e. The molecule has 0 N–H and O–H groups in total. The summed E-state index contributed by atoms with van der Waals surface area (Å²) < 4.78 is 12.8. The molecule has 0 atom stereocenters. The summed E-state index contributed by atoms with van der Waals surface area (Å²) in [6.45, 7) is 8.42. The van der Waals surface area contributed by atoms with Gasteiger partial charge in [0, 0.05) is 11.1 Å². The van der Waals surface area contributed by atoms with Crippen LogP contribution < -0.4 is 16.2 Å². The number of nitrogens with zero attached hydrogens (tertiary/aromatic N) is 3. The van der Waals surface area contributed by atoms with Crippen molar-refractivity contribution in [3.05, 3.63) is 79.7 Å². The van der Waals surface area contributed by atoms with Crippen LogP contribution in [0.1, 0.15) is 36.1 Å². The van der Waals surface area contributed by atoms with E-state index < -0.39 is 11.4 Å². The highest BCUT2D eigenvalue weighted by molar-refractivity contribution is 6.00. The molecular formula is C22H25N3O5. The van der Waals surface area contributed by atoms with Gasteiger partial charge in [-0.3, -0.25) is 0 Å². The maximum atomic E-state index is 12.3. The summed E-state index contributed by atoms with van der Waals surface area (Å²) in [5.41, 5.74) is 4.30. The molecule has 0 saturated carbocycles. The predicted molar refractivity (Wildman–Crippen MR) is 114 cm³/mol. The van der Waals surface area contributed by atoms with E-state index in [1.807, 2.05) is 52.0 Å². The summed E-state index contributed by atoms with van der Waals surface area (Å²) in [5.74, 6) is -0.0295. The Morgan fingerprint density at radius 1 is 1.13 bits per heavy atom. The van der Waals surface area contributed by atoms with Crippen molar-refractivity contribution in [3.8, 4) is 11.4 Å². The lowest BCUT2D eigenvalue weighted by Gasteiger charge is -2.15. The van der Waals surface area contributed by atoms with E-state index in [9.17, 15) is 9.59 Å². The summed E-state index contributed by atoms with van der Waals surface area (Å²) in [7, 11) is 1.39. The first-order chi connectivity index (χ1) is 14.3. The van der Waals surface area contributed by atoms with Gasteiger partial charge in [-0.05, 0) is 57.0 Å². The fourth-order valence-electron chi connectivity index (χ4n) is 3.17. The number of aryl methyl sites for hydroxylation is 3. The molecule has 3 rings (SSSR count). The third kappa shape index (κ3) is 4.22. The van der Waals surface area contributed by atoms with E-state index >= 15 is 0 Å². The van der Waals surface area contributed by atoms with E-state index in [2.05, 4.69) is 5.16 Å². The minimum absolute atomic E-state index is 0.183. The Morgan fingerprint density at radius 2 is 1.87 bits per heavy atom. The normalized spacial score (nSPS) is 11.6. The predicted octanol–water partition coefficient (Wildman–Crippen LogP) is 3.09. The van der Waals surface area contributed by atoms with E-state index in [0.717, 1.165) is 31.7 Å². The smallest absolute Gasteiger partial charge is 0.447 e. The first kappa shape index (κ1) is 21.2. The third-order valence-corrected chi connectivity index (χ3v) is 4.72. The number of hydrogen-bond donors (Lipinski definition) is 0. The van der Waals surface area contributed by atoms with E-state index in [4.69, 9.17) is 14.1 Å². The lowest BCUT2D eigenvalue weighted by atomic mass is 10.0. The van der Waals surface area contributed by atoms with Crippen LogP contribution >= 0.6 is 0 Å². The second-order valence-electron chi connectivity index (χ2n) is 6.92. The quantitative estimate of drug-likeness (QED) is 0.440. The molecule has 3 aromatic rings. The van der Waals surface area contributed by atoms with Crippen molar-refractivity contribution in [1.82, 2.24) is 9.31 Å². The van der Waals surface area contributed by atoms with Gasteiger partial charge in [-0.1, -0.05) is 23.4 Å². The van der Waals surface area contributed by atoms with Crippen LogP contribution in [0, 0.1) is 13.8 Å². The number of para-hydroxylation sites is 1. The fraction of sp³-hybridized carbons (Fsp3) is 0.318. The Hall–Kier alpha value is -3.55. The fourth-order valence-corrected chi connectivity index (χ4v) is 3.17. The molecule has 0 aliphatic carbocycles. The molecule has 2 aromatic carbocycles. The molecule has 0 bridgehead atoms. The zero-order chi connectivity index (χ0) is 21.8. The molecular weight excluding hydrogens is 386 g/mol. The Morgan fingerprint density at radius 3 is 2.53 bits per heavy atom. The second-order valence-corrected chi connectivity index (χ2v) is 6.92. The van der Waals surface area contributed by atoms with Crippen LogP contribution in [0.5, 0.6) is 5.75 Å². The number of ether oxygens (including phenoxy) is 1. The van der Waals surface area contributed by atoms with Gasteiger partial charge >= 0.3 is 11.4 Å². The molecule has 1 aromatic heterocycles. The number of benzene rings is 2. The van der Waals surface area contributed by atoms with Gasteiger partial charge in [0.2, 0.25) is 0 Å². The van der Waals surface area contributed by atoms with Crippen molar-refractivity contribution in [1.29, 1.82) is 0 Å². The minimum atomic E-state index is -0.740. The first-order valence-electron chi connectivity index (χ1n) is 9.62. The maximum absolute atomic E-state index is 12.3. The average molecular weight is 411 g/mol. The molecule has 1 heterocycles. The van der Waals surface area contributed by atoms with Gasteiger partial charge in [0.1, 0.15) is 19.0 Å². The minimum Gasteiger partial charge on any atom is -0.489 e. The van der Waals surface area contributed by atoms with Crippen LogP contribution in [-0.4, -0.2) is 21.6 Å². The summed E-state index contributed by atoms with van der Waals surface area (Å²) in [4.78, 5) is 29.5. The lowest BCUT2D eigenvalue weighted by molar-refractivity contribution is 0.159. The monoisotopic (exact) mass is 411 g/mol. The molecule has 8 heteroatoms. The van der Waals surface area contributed by atoms with E-state index in [1.165, 1.54) is 7.05 Å². The van der Waals surface area contributed by atoms with Crippen LogP contribution in [0.25, 0.3) is 5.69 Å². The van der Waals surface area contributed by atoms with Crippen molar-refractivity contribution in [3.63, 3.8) is 0 Å². The zero-order valence-corrected chi connectivity index (χ0v) is 17.8. The molecule has 8 nitrogen and oxygen atoms in total. The van der Waals surface area contributed by atoms with Gasteiger partial charge in [-0.2, -0.15) is 9.31 Å². The molecule has 0 fully saturated rings. The second kappa shape index (κ2) is 8.86. The number of hydrogen-bond acceptors (Lipinski definition) is 6. The number of rotatable bonds is 7. The summed E-state index contributed by atoms with van der Waals surface area (Å²) in [6, 6.07) is 11.0. The van der Waals surface area contributed by atoms with Crippen LogP contribution in [-0.2, 0) is 18.5 Å². The molecule has 158 valence electrons. The van der Waals surface area contributed by atoms with Gasteiger partial charge in [-0.15, -0.1) is 0 Å². The highest BCUT2D eigenvalue weighted by Crippen LogP contribution is 2.25.